The van der Waals surface area contributed by atoms with E-state index in [1.807, 2.05) is 11.8 Å². The average Bonchev–Trinajstić information content (AvgIpc) is 2.85. The maximum Gasteiger partial charge on any atom is 0.274 e. The number of aliphatic hydroxyl groups excluding tert-OH is 1. The zero-order valence-corrected chi connectivity index (χ0v) is 23.4. The molecule has 2 saturated heterocycles. The summed E-state index contributed by atoms with van der Waals surface area (Å²) in [6.07, 6.45) is 1.64. The van der Waals surface area contributed by atoms with Gasteiger partial charge in [-0.05, 0) is 43.3 Å². The van der Waals surface area contributed by atoms with Gasteiger partial charge in [-0.1, -0.05) is 13.1 Å². The van der Waals surface area contributed by atoms with E-state index < -0.39 is 24.7 Å². The van der Waals surface area contributed by atoms with Crippen molar-refractivity contribution < 1.29 is 23.1 Å². The number of nitrogens with one attached hydrogen (secondary N) is 2. The van der Waals surface area contributed by atoms with Crippen LogP contribution in [0.1, 0.15) is 17.4 Å². The molecular formula is C24H36N6O5SSi. The van der Waals surface area contributed by atoms with Gasteiger partial charge in [-0.3, -0.25) is 9.52 Å². The van der Waals surface area contributed by atoms with Crippen molar-refractivity contribution in [3.05, 3.63) is 36.2 Å². The lowest BCUT2D eigenvalue weighted by Gasteiger charge is -2.38. The first-order chi connectivity index (χ1) is 17.5. The van der Waals surface area contributed by atoms with Crippen molar-refractivity contribution in [1.29, 1.82) is 0 Å². The van der Waals surface area contributed by atoms with Gasteiger partial charge in [0.2, 0.25) is 16.0 Å². The molecule has 0 saturated carbocycles. The largest absolute Gasteiger partial charge is 0.395 e. The Morgan fingerprint density at radius 3 is 2.65 bits per heavy atom. The molecule has 37 heavy (non-hydrogen) atoms. The third kappa shape index (κ3) is 7.18. The molecule has 1 amide bonds. The quantitative estimate of drug-likeness (QED) is 0.424. The second kappa shape index (κ2) is 11.3. The number of hydrogen-bond donors (Lipinski definition) is 3. The van der Waals surface area contributed by atoms with Crippen molar-refractivity contribution >= 4 is 47.0 Å². The number of rotatable bonds is 8. The average molecular weight is 549 g/mol. The van der Waals surface area contributed by atoms with Gasteiger partial charge in [-0.2, -0.15) is 0 Å². The van der Waals surface area contributed by atoms with E-state index in [9.17, 15) is 13.2 Å². The lowest BCUT2D eigenvalue weighted by Crippen LogP contribution is -2.43. The van der Waals surface area contributed by atoms with E-state index in [4.69, 9.17) is 9.84 Å². The normalized spacial score (nSPS) is 19.9. The fraction of sp³-hybridized carbons (Fsp3) is 0.542. The minimum Gasteiger partial charge on any atom is -0.395 e. The molecule has 11 nitrogen and oxygen atoms in total. The summed E-state index contributed by atoms with van der Waals surface area (Å²) < 4.78 is 32.6. The minimum absolute atomic E-state index is 0.0586. The molecule has 0 radical (unpaired) electrons. The van der Waals surface area contributed by atoms with Gasteiger partial charge in [-0.25, -0.2) is 18.4 Å². The third-order valence-electron chi connectivity index (χ3n) is 6.74. The van der Waals surface area contributed by atoms with Crippen molar-refractivity contribution in [2.45, 2.75) is 38.2 Å². The molecular weight excluding hydrogens is 512 g/mol. The van der Waals surface area contributed by atoms with Gasteiger partial charge in [0.05, 0.1) is 50.2 Å². The second-order valence-electron chi connectivity index (χ2n) is 10.4. The lowest BCUT2D eigenvalue weighted by atomic mass is 10.2. The molecule has 3 N–H and O–H groups in total. The highest BCUT2D eigenvalue weighted by atomic mass is 32.2. The summed E-state index contributed by atoms with van der Waals surface area (Å²) in [5.74, 6) is -0.270. The number of anilines is 4. The minimum atomic E-state index is -3.68. The summed E-state index contributed by atoms with van der Waals surface area (Å²) in [6, 6.07) is 8.84. The number of hydrogen-bond acceptors (Lipinski definition) is 9. The third-order valence-corrected chi connectivity index (χ3v) is 11.2. The molecule has 4 rings (SSSR count). The maximum absolute atomic E-state index is 13.3. The van der Waals surface area contributed by atoms with Crippen LogP contribution in [0.2, 0.25) is 25.2 Å². The van der Waals surface area contributed by atoms with Gasteiger partial charge in [0.15, 0.2) is 0 Å². The van der Waals surface area contributed by atoms with Crippen LogP contribution in [0, 0.1) is 0 Å². The molecule has 1 aromatic carbocycles. The van der Waals surface area contributed by atoms with Crippen molar-refractivity contribution in [2.75, 3.05) is 65.0 Å². The van der Waals surface area contributed by atoms with Crippen LogP contribution in [0.15, 0.2) is 30.5 Å². The Morgan fingerprint density at radius 1 is 1.19 bits per heavy atom. The van der Waals surface area contributed by atoms with Crippen molar-refractivity contribution in [3.63, 3.8) is 0 Å². The number of amides is 1. The van der Waals surface area contributed by atoms with E-state index in [0.717, 1.165) is 30.9 Å². The predicted octanol–water partition coefficient (Wildman–Crippen LogP) is 2.22. The van der Waals surface area contributed by atoms with E-state index in [2.05, 4.69) is 38.0 Å². The Kier molecular flexibility index (Phi) is 8.36. The van der Waals surface area contributed by atoms with Gasteiger partial charge in [0.1, 0.15) is 5.69 Å². The van der Waals surface area contributed by atoms with Crippen LogP contribution in [0.5, 0.6) is 0 Å². The molecule has 0 bridgehead atoms. The van der Waals surface area contributed by atoms with Gasteiger partial charge in [0, 0.05) is 32.4 Å². The molecule has 2 fully saturated rings. The van der Waals surface area contributed by atoms with Crippen molar-refractivity contribution in [2.24, 2.45) is 0 Å². The Hall–Kier alpha value is -2.74. The van der Waals surface area contributed by atoms with E-state index in [1.165, 1.54) is 0 Å². The van der Waals surface area contributed by atoms with Crippen LogP contribution in [0.3, 0.4) is 0 Å². The van der Waals surface area contributed by atoms with E-state index in [-0.39, 0.29) is 23.5 Å². The number of aromatic nitrogens is 2. The lowest BCUT2D eigenvalue weighted by molar-refractivity contribution is 0.0526. The molecule has 2 aromatic rings. The molecule has 0 spiro atoms. The van der Waals surface area contributed by atoms with Crippen LogP contribution < -0.4 is 19.8 Å². The first kappa shape index (κ1) is 27.3. The van der Waals surface area contributed by atoms with Crippen molar-refractivity contribution in [1.82, 2.24) is 9.97 Å². The van der Waals surface area contributed by atoms with Crippen LogP contribution in [0.4, 0.5) is 23.0 Å². The van der Waals surface area contributed by atoms with Gasteiger partial charge in [-0.15, -0.1) is 0 Å². The van der Waals surface area contributed by atoms with Gasteiger partial charge >= 0.3 is 0 Å². The summed E-state index contributed by atoms with van der Waals surface area (Å²) in [4.78, 5) is 26.3. The fourth-order valence-corrected chi connectivity index (χ4v) is 7.31. The van der Waals surface area contributed by atoms with Crippen LogP contribution in [0.25, 0.3) is 0 Å². The van der Waals surface area contributed by atoms with Crippen LogP contribution >= 0.6 is 0 Å². The molecule has 2 aliphatic rings. The standard InChI is InChI=1S/C24H36N6O5SSi/c1-18-17-30(8-12-35-18)24-25-7-6-21(27-24)23(32)26-20-5-4-19(28-36(33,34)13-11-31)16-22(20)29-9-14-37(2,3)15-10-29/h4-7,16,18,28,31H,8-15,17H2,1-3H3,(H,26,32). The van der Waals surface area contributed by atoms with Crippen LogP contribution in [-0.2, 0) is 14.8 Å². The summed E-state index contributed by atoms with van der Waals surface area (Å²) >= 11 is 0. The first-order valence-electron chi connectivity index (χ1n) is 12.6. The summed E-state index contributed by atoms with van der Waals surface area (Å²) in [7, 11) is -4.94. The van der Waals surface area contributed by atoms with Crippen molar-refractivity contribution in [3.8, 4) is 0 Å². The predicted molar refractivity (Wildman–Crippen MR) is 148 cm³/mol. The van der Waals surface area contributed by atoms with E-state index in [0.29, 0.717) is 37.0 Å². The number of ether oxygens (including phenoxy) is 1. The first-order valence-corrected chi connectivity index (χ1v) is 17.6. The second-order valence-corrected chi connectivity index (χ2v) is 17.5. The molecule has 13 heteroatoms. The SMILES string of the molecule is CC1CN(c2nccc(C(=O)Nc3ccc(NS(=O)(=O)CCO)cc3N3CC[Si](C)(C)CC3)n2)CCO1. The summed E-state index contributed by atoms with van der Waals surface area (Å²) in [5.41, 5.74) is 1.96. The smallest absolute Gasteiger partial charge is 0.274 e. The molecule has 3 heterocycles. The molecule has 1 unspecified atom stereocenters. The molecule has 1 aromatic heterocycles. The highest BCUT2D eigenvalue weighted by molar-refractivity contribution is 7.92. The zero-order valence-electron chi connectivity index (χ0n) is 21.6. The Morgan fingerprint density at radius 2 is 1.95 bits per heavy atom. The summed E-state index contributed by atoms with van der Waals surface area (Å²) in [5, 5.41) is 12.0. The number of nitrogens with zero attached hydrogens (tertiary/aromatic N) is 4. The Balaban J connectivity index is 1.58. The van der Waals surface area contributed by atoms with E-state index in [1.54, 1.807) is 30.5 Å². The molecule has 1 atom stereocenters. The Bertz CT molecular complexity index is 1220. The number of sulfonamides is 1. The molecule has 2 aliphatic heterocycles. The number of carbonyl (C=O) groups excluding carboxylic acids is 1. The number of carbonyl (C=O) groups is 1. The molecule has 202 valence electrons. The van der Waals surface area contributed by atoms with Gasteiger partial charge < -0.3 is 25.0 Å². The zero-order chi connectivity index (χ0) is 26.6. The maximum atomic E-state index is 13.3. The topological polar surface area (TPSA) is 137 Å². The monoisotopic (exact) mass is 548 g/mol. The van der Waals surface area contributed by atoms with E-state index >= 15 is 0 Å². The number of morpholine rings is 1. The highest BCUT2D eigenvalue weighted by Gasteiger charge is 2.29. The van der Waals surface area contributed by atoms with Crippen LogP contribution in [-0.4, -0.2) is 88.7 Å². The fourth-order valence-electron chi connectivity index (χ4n) is 4.48. The number of aliphatic hydroxyl groups is 1. The van der Waals surface area contributed by atoms with Gasteiger partial charge in [0.25, 0.3) is 5.91 Å². The number of benzene rings is 1. The molecule has 0 aliphatic carbocycles. The highest BCUT2D eigenvalue weighted by Crippen LogP contribution is 2.34. The Labute approximate surface area is 219 Å². The summed E-state index contributed by atoms with van der Waals surface area (Å²) in [6.45, 7) is 9.81.